The third kappa shape index (κ3) is 2.94. The maximum Gasteiger partial charge on any atom is 0.231 e. The van der Waals surface area contributed by atoms with Gasteiger partial charge in [0.15, 0.2) is 0 Å². The molecule has 146 valence electrons. The van der Waals surface area contributed by atoms with Gasteiger partial charge in [-0.15, -0.1) is 0 Å². The minimum Gasteiger partial charge on any atom is -0.342 e. The maximum atomic E-state index is 13.3. The van der Waals surface area contributed by atoms with E-state index in [2.05, 4.69) is 22.9 Å². The molecule has 0 N–H and O–H groups in total. The van der Waals surface area contributed by atoms with E-state index < -0.39 is 0 Å². The van der Waals surface area contributed by atoms with Crippen molar-refractivity contribution >= 4 is 11.8 Å². The zero-order valence-electron chi connectivity index (χ0n) is 16.5. The van der Waals surface area contributed by atoms with Gasteiger partial charge in [0.1, 0.15) is 0 Å². The number of piperidine rings is 1. The monoisotopic (exact) mass is 370 g/mol. The number of aromatic nitrogens is 1. The first-order valence-corrected chi connectivity index (χ1v) is 10.2. The molecule has 3 saturated heterocycles. The number of rotatable bonds is 3. The summed E-state index contributed by atoms with van der Waals surface area (Å²) in [6.45, 7) is 9.50. The van der Waals surface area contributed by atoms with Crippen LogP contribution in [0, 0.1) is 10.8 Å². The van der Waals surface area contributed by atoms with Gasteiger partial charge in [0.25, 0.3) is 0 Å². The highest BCUT2D eigenvalue weighted by molar-refractivity contribution is 5.88. The molecule has 3 aliphatic heterocycles. The molecule has 0 aromatic carbocycles. The van der Waals surface area contributed by atoms with Crippen LogP contribution in [0.1, 0.15) is 38.7 Å². The minimum atomic E-state index is -0.366. The SMILES string of the molecule is CCN1CCC2(CN(C(C)=O)CC23CCN(Cc2cccnc2)CC3)C1=O. The van der Waals surface area contributed by atoms with Gasteiger partial charge in [0.2, 0.25) is 11.8 Å². The summed E-state index contributed by atoms with van der Waals surface area (Å²) in [5.74, 6) is 0.390. The van der Waals surface area contributed by atoms with Crippen LogP contribution in [0.3, 0.4) is 0 Å². The highest BCUT2D eigenvalue weighted by atomic mass is 16.2. The Hall–Kier alpha value is -1.95. The first-order valence-electron chi connectivity index (χ1n) is 10.2. The van der Waals surface area contributed by atoms with Crippen LogP contribution in [0.4, 0.5) is 0 Å². The molecule has 6 nitrogen and oxygen atoms in total. The van der Waals surface area contributed by atoms with Crippen LogP contribution in [0.25, 0.3) is 0 Å². The number of carbonyl (C=O) groups is 2. The van der Waals surface area contributed by atoms with Crippen molar-refractivity contribution in [2.75, 3.05) is 39.3 Å². The lowest BCUT2D eigenvalue weighted by atomic mass is 9.60. The number of likely N-dealkylation sites (tertiary alicyclic amines) is 3. The molecule has 0 saturated carbocycles. The fraction of sp³-hybridized carbons (Fsp3) is 0.667. The fourth-order valence-electron chi connectivity index (χ4n) is 5.59. The van der Waals surface area contributed by atoms with E-state index in [1.165, 1.54) is 5.56 Å². The normalized spacial score (nSPS) is 27.9. The molecule has 3 aliphatic rings. The second-order valence-electron chi connectivity index (χ2n) is 8.51. The molecule has 1 unspecified atom stereocenters. The van der Waals surface area contributed by atoms with E-state index in [4.69, 9.17) is 0 Å². The molecule has 6 heteroatoms. The number of hydrogen-bond acceptors (Lipinski definition) is 4. The summed E-state index contributed by atoms with van der Waals surface area (Å²) in [5, 5.41) is 0. The van der Waals surface area contributed by atoms with E-state index >= 15 is 0 Å². The van der Waals surface area contributed by atoms with Crippen molar-refractivity contribution in [3.63, 3.8) is 0 Å². The number of carbonyl (C=O) groups excluding carboxylic acids is 2. The molecule has 4 rings (SSSR count). The Morgan fingerprint density at radius 1 is 1.19 bits per heavy atom. The number of amides is 2. The van der Waals surface area contributed by atoms with Crippen molar-refractivity contribution < 1.29 is 9.59 Å². The van der Waals surface area contributed by atoms with Crippen molar-refractivity contribution in [3.05, 3.63) is 30.1 Å². The summed E-state index contributed by atoms with van der Waals surface area (Å²) >= 11 is 0. The molecule has 2 amide bonds. The Balaban J connectivity index is 1.54. The van der Waals surface area contributed by atoms with Crippen LogP contribution in [0.2, 0.25) is 0 Å². The van der Waals surface area contributed by atoms with Gasteiger partial charge >= 0.3 is 0 Å². The van der Waals surface area contributed by atoms with Crippen LogP contribution in [-0.4, -0.2) is 70.8 Å². The maximum absolute atomic E-state index is 13.3. The average molecular weight is 370 g/mol. The van der Waals surface area contributed by atoms with E-state index in [0.29, 0.717) is 6.54 Å². The van der Waals surface area contributed by atoms with Crippen molar-refractivity contribution in [1.82, 2.24) is 19.7 Å². The first-order chi connectivity index (χ1) is 13.0. The highest BCUT2D eigenvalue weighted by Crippen LogP contribution is 2.57. The summed E-state index contributed by atoms with van der Waals surface area (Å²) in [7, 11) is 0. The molecule has 0 aliphatic carbocycles. The quantitative estimate of drug-likeness (QED) is 0.814. The summed E-state index contributed by atoms with van der Waals surface area (Å²) in [6, 6.07) is 4.10. The molecule has 0 bridgehead atoms. The molecule has 0 radical (unpaired) electrons. The van der Waals surface area contributed by atoms with E-state index in [1.807, 2.05) is 22.1 Å². The molecular formula is C21H30N4O2. The predicted molar refractivity (Wildman–Crippen MR) is 103 cm³/mol. The zero-order valence-corrected chi connectivity index (χ0v) is 16.5. The van der Waals surface area contributed by atoms with Crippen LogP contribution in [0.5, 0.6) is 0 Å². The molecule has 1 aromatic rings. The smallest absolute Gasteiger partial charge is 0.231 e. The standard InChI is InChI=1S/C21H30N4O2/c1-3-24-12-8-21(19(24)27)16-25(17(2)26)15-20(21)6-10-23(11-7-20)14-18-5-4-9-22-13-18/h4-5,9,13H,3,6-8,10-12,14-16H2,1-2H3. The van der Waals surface area contributed by atoms with E-state index in [1.54, 1.807) is 13.1 Å². The average Bonchev–Trinajstić information content (AvgIpc) is 3.17. The highest BCUT2D eigenvalue weighted by Gasteiger charge is 2.65. The van der Waals surface area contributed by atoms with E-state index in [-0.39, 0.29) is 22.6 Å². The van der Waals surface area contributed by atoms with Gasteiger partial charge in [-0.3, -0.25) is 19.5 Å². The van der Waals surface area contributed by atoms with Gasteiger partial charge in [-0.1, -0.05) is 6.07 Å². The van der Waals surface area contributed by atoms with Crippen molar-refractivity contribution in [2.45, 2.75) is 39.7 Å². The first kappa shape index (κ1) is 18.4. The topological polar surface area (TPSA) is 56.8 Å². The Kier molecular flexibility index (Phi) is 4.70. The number of nitrogens with zero attached hydrogens (tertiary/aromatic N) is 4. The Labute approximate surface area is 161 Å². The lowest BCUT2D eigenvalue weighted by molar-refractivity contribution is -0.142. The van der Waals surface area contributed by atoms with E-state index in [9.17, 15) is 9.59 Å². The Morgan fingerprint density at radius 2 is 1.96 bits per heavy atom. The van der Waals surface area contributed by atoms with E-state index in [0.717, 1.165) is 58.5 Å². The summed E-state index contributed by atoms with van der Waals surface area (Å²) in [4.78, 5) is 36.1. The second-order valence-corrected chi connectivity index (χ2v) is 8.51. The van der Waals surface area contributed by atoms with Crippen molar-refractivity contribution in [1.29, 1.82) is 0 Å². The Morgan fingerprint density at radius 3 is 2.56 bits per heavy atom. The van der Waals surface area contributed by atoms with Gasteiger partial charge in [0, 0.05) is 57.5 Å². The number of fused-ring (bicyclic) bond motifs is 1. The Bertz CT molecular complexity index is 714. The summed E-state index contributed by atoms with van der Waals surface area (Å²) < 4.78 is 0. The molecule has 2 spiro atoms. The van der Waals surface area contributed by atoms with Gasteiger partial charge in [-0.25, -0.2) is 0 Å². The fourth-order valence-corrected chi connectivity index (χ4v) is 5.59. The molecule has 4 heterocycles. The third-order valence-corrected chi connectivity index (χ3v) is 7.24. The summed E-state index contributed by atoms with van der Waals surface area (Å²) in [6.07, 6.45) is 6.60. The van der Waals surface area contributed by atoms with Crippen LogP contribution in [0.15, 0.2) is 24.5 Å². The molecular weight excluding hydrogens is 340 g/mol. The minimum absolute atomic E-state index is 0.0644. The van der Waals surface area contributed by atoms with Gasteiger partial charge in [0.05, 0.1) is 5.41 Å². The second kappa shape index (κ2) is 6.89. The van der Waals surface area contributed by atoms with Gasteiger partial charge in [-0.2, -0.15) is 0 Å². The van der Waals surface area contributed by atoms with Gasteiger partial charge < -0.3 is 9.80 Å². The number of pyridine rings is 1. The molecule has 1 aromatic heterocycles. The molecule has 27 heavy (non-hydrogen) atoms. The lowest BCUT2D eigenvalue weighted by Crippen LogP contribution is -2.52. The molecule has 3 fully saturated rings. The van der Waals surface area contributed by atoms with Crippen LogP contribution < -0.4 is 0 Å². The van der Waals surface area contributed by atoms with Crippen LogP contribution >= 0.6 is 0 Å². The largest absolute Gasteiger partial charge is 0.342 e. The number of hydrogen-bond donors (Lipinski definition) is 0. The van der Waals surface area contributed by atoms with Crippen molar-refractivity contribution in [3.8, 4) is 0 Å². The lowest BCUT2D eigenvalue weighted by Gasteiger charge is -2.46. The van der Waals surface area contributed by atoms with Gasteiger partial charge in [-0.05, 0) is 50.9 Å². The predicted octanol–water partition coefficient (Wildman–Crippen LogP) is 1.76. The third-order valence-electron chi connectivity index (χ3n) is 7.24. The zero-order chi connectivity index (χ0) is 19.1. The van der Waals surface area contributed by atoms with Crippen molar-refractivity contribution in [2.24, 2.45) is 10.8 Å². The molecule has 1 atom stereocenters. The summed E-state index contributed by atoms with van der Waals surface area (Å²) in [5.41, 5.74) is 0.800. The van der Waals surface area contributed by atoms with Crippen LogP contribution in [-0.2, 0) is 16.1 Å².